The summed E-state index contributed by atoms with van der Waals surface area (Å²) in [5, 5.41) is 1.78. The summed E-state index contributed by atoms with van der Waals surface area (Å²) >= 11 is 0. The summed E-state index contributed by atoms with van der Waals surface area (Å²) in [6.07, 6.45) is -8.89. The molecule has 28 heavy (non-hydrogen) atoms. The van der Waals surface area contributed by atoms with Crippen LogP contribution in [-0.2, 0) is 19.3 Å². The van der Waals surface area contributed by atoms with E-state index in [1.165, 1.54) is 18.2 Å². The zero-order chi connectivity index (χ0) is 20.9. The van der Waals surface area contributed by atoms with Gasteiger partial charge in [0.05, 0.1) is 5.56 Å². The molecule has 0 spiro atoms. The number of carbonyl (C=O) groups is 1. The van der Waals surface area contributed by atoms with Crippen molar-refractivity contribution >= 4 is 5.91 Å². The van der Waals surface area contributed by atoms with Gasteiger partial charge in [-0.1, -0.05) is 30.3 Å². The van der Waals surface area contributed by atoms with E-state index in [0.717, 1.165) is 17.7 Å². The summed E-state index contributed by atoms with van der Waals surface area (Å²) in [6.45, 7) is -0.744. The van der Waals surface area contributed by atoms with Crippen LogP contribution in [-0.4, -0.2) is 30.6 Å². The highest BCUT2D eigenvalue weighted by Crippen LogP contribution is 2.29. The molecular formula is C19H18F6N2O. The maximum absolute atomic E-state index is 12.8. The highest BCUT2D eigenvalue weighted by atomic mass is 19.4. The highest BCUT2D eigenvalue weighted by molar-refractivity contribution is 5.94. The number of benzene rings is 2. The summed E-state index contributed by atoms with van der Waals surface area (Å²) in [6, 6.07) is 11.0. The lowest BCUT2D eigenvalue weighted by Crippen LogP contribution is -2.33. The molecule has 0 saturated heterocycles. The maximum Gasteiger partial charge on any atom is 0.416 e. The molecule has 2 aromatic carbocycles. The Hall–Kier alpha value is -2.55. The lowest BCUT2D eigenvalue weighted by atomic mass is 10.1. The Morgan fingerprint density at radius 1 is 0.929 bits per heavy atom. The molecule has 0 radical (unpaired) electrons. The molecule has 1 amide bonds. The minimum Gasteiger partial charge on any atom is -0.343 e. The van der Waals surface area contributed by atoms with Gasteiger partial charge in [0.25, 0.3) is 5.91 Å². The fraction of sp³-hybridized carbons (Fsp3) is 0.316. The minimum absolute atomic E-state index is 0.0912. The van der Waals surface area contributed by atoms with E-state index >= 15 is 0 Å². The van der Waals surface area contributed by atoms with Crippen molar-refractivity contribution in [2.75, 3.05) is 13.6 Å². The number of rotatable bonds is 6. The standard InChI is InChI=1S/C19H18F6N2O/c1-27(11-14-3-2-4-16(9-14)19(23,24)25)10-13-5-7-15(8-6-13)17(28)26-12-18(20,21)22/h2-9H,10-12H2,1H3,(H,26,28). The summed E-state index contributed by atoms with van der Waals surface area (Å²) < 4.78 is 74.7. The number of halogens is 6. The summed E-state index contributed by atoms with van der Waals surface area (Å²) in [7, 11) is 1.73. The topological polar surface area (TPSA) is 32.3 Å². The van der Waals surface area contributed by atoms with Crippen molar-refractivity contribution in [2.24, 2.45) is 0 Å². The Morgan fingerprint density at radius 2 is 1.54 bits per heavy atom. The average molecular weight is 404 g/mol. The van der Waals surface area contributed by atoms with Crippen LogP contribution in [0.5, 0.6) is 0 Å². The third-order valence-electron chi connectivity index (χ3n) is 3.82. The van der Waals surface area contributed by atoms with E-state index in [-0.39, 0.29) is 12.1 Å². The zero-order valence-electron chi connectivity index (χ0n) is 14.9. The first-order chi connectivity index (χ1) is 12.9. The van der Waals surface area contributed by atoms with Gasteiger partial charge in [0, 0.05) is 18.7 Å². The molecule has 0 bridgehead atoms. The molecule has 0 aliphatic carbocycles. The Bertz CT molecular complexity index is 799. The van der Waals surface area contributed by atoms with Gasteiger partial charge >= 0.3 is 12.4 Å². The van der Waals surface area contributed by atoms with Crippen LogP contribution in [0, 0.1) is 0 Å². The van der Waals surface area contributed by atoms with E-state index in [4.69, 9.17) is 0 Å². The van der Waals surface area contributed by atoms with Crippen molar-refractivity contribution in [3.63, 3.8) is 0 Å². The van der Waals surface area contributed by atoms with Crippen molar-refractivity contribution in [3.8, 4) is 0 Å². The SMILES string of the molecule is CN(Cc1ccc(C(=O)NCC(F)(F)F)cc1)Cc1cccc(C(F)(F)F)c1. The maximum atomic E-state index is 12.8. The number of nitrogens with one attached hydrogen (secondary N) is 1. The van der Waals surface area contributed by atoms with Gasteiger partial charge in [-0.05, 0) is 36.4 Å². The van der Waals surface area contributed by atoms with Crippen LogP contribution in [0.1, 0.15) is 27.0 Å². The van der Waals surface area contributed by atoms with Gasteiger partial charge < -0.3 is 5.32 Å². The van der Waals surface area contributed by atoms with Gasteiger partial charge in [-0.25, -0.2) is 0 Å². The fourth-order valence-corrected chi connectivity index (χ4v) is 2.57. The normalized spacial score (nSPS) is 12.3. The summed E-state index contributed by atoms with van der Waals surface area (Å²) in [4.78, 5) is 13.5. The predicted molar refractivity (Wildman–Crippen MR) is 91.4 cm³/mol. The monoisotopic (exact) mass is 404 g/mol. The lowest BCUT2D eigenvalue weighted by molar-refractivity contribution is -0.137. The fourth-order valence-electron chi connectivity index (χ4n) is 2.57. The van der Waals surface area contributed by atoms with Crippen LogP contribution < -0.4 is 5.32 Å². The number of nitrogens with zero attached hydrogens (tertiary/aromatic N) is 1. The molecule has 0 unspecified atom stereocenters. The number of carbonyl (C=O) groups excluding carboxylic acids is 1. The van der Waals surface area contributed by atoms with E-state index in [1.807, 2.05) is 0 Å². The second-order valence-electron chi connectivity index (χ2n) is 6.37. The molecular weight excluding hydrogens is 386 g/mol. The third kappa shape index (κ3) is 6.88. The van der Waals surface area contributed by atoms with E-state index in [0.29, 0.717) is 12.1 Å². The Kier molecular flexibility index (Phi) is 6.71. The van der Waals surface area contributed by atoms with Gasteiger partial charge in [0.1, 0.15) is 6.54 Å². The van der Waals surface area contributed by atoms with Crippen LogP contribution in [0.3, 0.4) is 0 Å². The summed E-state index contributed by atoms with van der Waals surface area (Å²) in [5.41, 5.74) is 0.642. The lowest BCUT2D eigenvalue weighted by Gasteiger charge is -2.18. The highest BCUT2D eigenvalue weighted by Gasteiger charge is 2.30. The average Bonchev–Trinajstić information content (AvgIpc) is 2.59. The molecule has 0 saturated carbocycles. The predicted octanol–water partition coefficient (Wildman–Crippen LogP) is 4.63. The van der Waals surface area contributed by atoms with Crippen LogP contribution in [0.25, 0.3) is 0 Å². The molecule has 2 aromatic rings. The van der Waals surface area contributed by atoms with E-state index < -0.39 is 30.4 Å². The quantitative estimate of drug-likeness (QED) is 0.712. The van der Waals surface area contributed by atoms with E-state index in [1.54, 1.807) is 35.5 Å². The van der Waals surface area contributed by atoms with Gasteiger partial charge in [-0.2, -0.15) is 26.3 Å². The zero-order valence-corrected chi connectivity index (χ0v) is 14.9. The van der Waals surface area contributed by atoms with Crippen LogP contribution in [0.15, 0.2) is 48.5 Å². The molecule has 0 atom stereocenters. The minimum atomic E-state index is -4.48. The molecule has 3 nitrogen and oxygen atoms in total. The first-order valence-electron chi connectivity index (χ1n) is 8.22. The van der Waals surface area contributed by atoms with Crippen molar-refractivity contribution in [1.29, 1.82) is 0 Å². The molecule has 2 rings (SSSR count). The van der Waals surface area contributed by atoms with Crippen molar-refractivity contribution < 1.29 is 31.1 Å². The molecule has 0 heterocycles. The number of hydrogen-bond acceptors (Lipinski definition) is 2. The molecule has 0 aromatic heterocycles. The van der Waals surface area contributed by atoms with E-state index in [9.17, 15) is 31.1 Å². The molecule has 0 aliphatic rings. The Balaban J connectivity index is 1.94. The number of hydrogen-bond donors (Lipinski definition) is 1. The molecule has 1 N–H and O–H groups in total. The van der Waals surface area contributed by atoms with E-state index in [2.05, 4.69) is 0 Å². The first-order valence-corrected chi connectivity index (χ1v) is 8.22. The second kappa shape index (κ2) is 8.64. The van der Waals surface area contributed by atoms with Gasteiger partial charge in [-0.3, -0.25) is 9.69 Å². The van der Waals surface area contributed by atoms with Crippen LogP contribution in [0.4, 0.5) is 26.3 Å². The van der Waals surface area contributed by atoms with Gasteiger partial charge in [0.2, 0.25) is 0 Å². The molecule has 9 heteroatoms. The van der Waals surface area contributed by atoms with Crippen molar-refractivity contribution in [3.05, 3.63) is 70.8 Å². The smallest absolute Gasteiger partial charge is 0.343 e. The summed E-state index contributed by atoms with van der Waals surface area (Å²) in [5.74, 6) is -0.832. The second-order valence-corrected chi connectivity index (χ2v) is 6.37. The molecule has 152 valence electrons. The van der Waals surface area contributed by atoms with Crippen molar-refractivity contribution in [1.82, 2.24) is 10.2 Å². The van der Waals surface area contributed by atoms with Crippen molar-refractivity contribution in [2.45, 2.75) is 25.4 Å². The number of alkyl halides is 6. The molecule has 0 aliphatic heterocycles. The first kappa shape index (κ1) is 21.7. The van der Waals surface area contributed by atoms with Gasteiger partial charge in [-0.15, -0.1) is 0 Å². The largest absolute Gasteiger partial charge is 0.416 e. The molecule has 0 fully saturated rings. The van der Waals surface area contributed by atoms with Gasteiger partial charge in [0.15, 0.2) is 0 Å². The Morgan fingerprint density at radius 3 is 2.11 bits per heavy atom. The third-order valence-corrected chi connectivity index (χ3v) is 3.82. The van der Waals surface area contributed by atoms with Crippen LogP contribution >= 0.6 is 0 Å². The van der Waals surface area contributed by atoms with Crippen LogP contribution in [0.2, 0.25) is 0 Å². The number of amides is 1. The Labute approximate surface area is 158 Å².